The van der Waals surface area contributed by atoms with E-state index in [1.165, 1.54) is 0 Å². The van der Waals surface area contributed by atoms with Crippen molar-refractivity contribution >= 4 is 50.7 Å². The first-order chi connectivity index (χ1) is 12.0. The Kier molecular flexibility index (Phi) is 5.73. The molecule has 0 aliphatic carbocycles. The average molecular weight is 437 g/mol. The highest BCUT2D eigenvalue weighted by atomic mass is 79.9. The molecule has 0 saturated carbocycles. The second-order valence-corrected chi connectivity index (χ2v) is 7.00. The standard InChI is InChI=1S/C18H15BrClN3OS/c1-11-14(19)9-15(20)17(22-11)23-18(25)21-10-13-7-8-16(24-13)12-5-3-2-4-6-12/h2-9H,10H2,1H3,(H2,21,22,23,25). The van der Waals surface area contributed by atoms with Gasteiger partial charge in [-0.3, -0.25) is 0 Å². The van der Waals surface area contributed by atoms with Gasteiger partial charge in [0.25, 0.3) is 0 Å². The van der Waals surface area contributed by atoms with Crippen LogP contribution in [0.5, 0.6) is 0 Å². The Hall–Kier alpha value is -1.89. The molecule has 0 bridgehead atoms. The predicted octanol–water partition coefficient (Wildman–Crippen LogP) is 5.55. The van der Waals surface area contributed by atoms with Crippen molar-refractivity contribution in [2.45, 2.75) is 13.5 Å². The number of anilines is 1. The third kappa shape index (κ3) is 4.60. The lowest BCUT2D eigenvalue weighted by Gasteiger charge is -2.11. The summed E-state index contributed by atoms with van der Waals surface area (Å²) < 4.78 is 6.68. The number of furan rings is 1. The largest absolute Gasteiger partial charge is 0.459 e. The third-order valence-corrected chi connectivity index (χ3v) is 4.82. The third-order valence-electron chi connectivity index (χ3n) is 3.48. The van der Waals surface area contributed by atoms with Crippen LogP contribution in [0.4, 0.5) is 5.82 Å². The molecule has 0 saturated heterocycles. The van der Waals surface area contributed by atoms with Crippen molar-refractivity contribution in [1.29, 1.82) is 0 Å². The number of aryl methyl sites for hydroxylation is 1. The topological polar surface area (TPSA) is 50.1 Å². The summed E-state index contributed by atoms with van der Waals surface area (Å²) in [7, 11) is 0. The van der Waals surface area contributed by atoms with E-state index < -0.39 is 0 Å². The number of nitrogens with zero attached hydrogens (tertiary/aromatic N) is 1. The van der Waals surface area contributed by atoms with Crippen LogP contribution in [0.25, 0.3) is 11.3 Å². The average Bonchev–Trinajstić information content (AvgIpc) is 3.08. The van der Waals surface area contributed by atoms with Gasteiger partial charge >= 0.3 is 0 Å². The molecule has 25 heavy (non-hydrogen) atoms. The fourth-order valence-corrected chi connectivity index (χ4v) is 3.01. The van der Waals surface area contributed by atoms with Gasteiger partial charge in [-0.15, -0.1) is 0 Å². The van der Waals surface area contributed by atoms with E-state index in [1.807, 2.05) is 49.4 Å². The highest BCUT2D eigenvalue weighted by molar-refractivity contribution is 9.10. The van der Waals surface area contributed by atoms with Gasteiger partial charge in [0.1, 0.15) is 11.5 Å². The minimum Gasteiger partial charge on any atom is -0.459 e. The quantitative estimate of drug-likeness (QED) is 0.525. The SMILES string of the molecule is Cc1nc(NC(=S)NCc2ccc(-c3ccccc3)o2)c(Cl)cc1Br. The van der Waals surface area contributed by atoms with Crippen molar-refractivity contribution in [3.63, 3.8) is 0 Å². The van der Waals surface area contributed by atoms with Crippen LogP contribution in [0.15, 0.2) is 57.4 Å². The molecular formula is C18H15BrClN3OS. The second-order valence-electron chi connectivity index (χ2n) is 5.33. The summed E-state index contributed by atoms with van der Waals surface area (Å²) in [6.45, 7) is 2.35. The molecule has 2 N–H and O–H groups in total. The van der Waals surface area contributed by atoms with Gasteiger partial charge in [0.15, 0.2) is 10.9 Å². The lowest BCUT2D eigenvalue weighted by molar-refractivity contribution is 0.516. The fraction of sp³-hybridized carbons (Fsp3) is 0.111. The van der Waals surface area contributed by atoms with Crippen molar-refractivity contribution in [1.82, 2.24) is 10.3 Å². The normalized spacial score (nSPS) is 10.5. The van der Waals surface area contributed by atoms with Crippen LogP contribution in [0.3, 0.4) is 0 Å². The zero-order valence-electron chi connectivity index (χ0n) is 13.3. The minimum atomic E-state index is 0.425. The Bertz CT molecular complexity index is 899. The smallest absolute Gasteiger partial charge is 0.172 e. The number of rotatable bonds is 4. The van der Waals surface area contributed by atoms with Gasteiger partial charge in [-0.2, -0.15) is 0 Å². The molecule has 0 aliphatic rings. The van der Waals surface area contributed by atoms with E-state index >= 15 is 0 Å². The van der Waals surface area contributed by atoms with E-state index in [4.69, 9.17) is 28.2 Å². The summed E-state index contributed by atoms with van der Waals surface area (Å²) >= 11 is 14.9. The van der Waals surface area contributed by atoms with Gasteiger partial charge < -0.3 is 15.1 Å². The van der Waals surface area contributed by atoms with Gasteiger partial charge in [-0.05, 0) is 53.3 Å². The maximum Gasteiger partial charge on any atom is 0.172 e. The molecule has 2 aromatic heterocycles. The molecule has 3 rings (SSSR count). The van der Waals surface area contributed by atoms with Gasteiger partial charge in [-0.25, -0.2) is 4.98 Å². The summed E-state index contributed by atoms with van der Waals surface area (Å²) in [4.78, 5) is 4.37. The zero-order valence-corrected chi connectivity index (χ0v) is 16.5. The Morgan fingerprint density at radius 1 is 1.24 bits per heavy atom. The van der Waals surface area contributed by atoms with Crippen LogP contribution in [-0.2, 0) is 6.54 Å². The van der Waals surface area contributed by atoms with Crippen LogP contribution in [0.2, 0.25) is 5.02 Å². The Morgan fingerprint density at radius 2 is 2.00 bits per heavy atom. The molecule has 0 aliphatic heterocycles. The number of halogens is 2. The van der Waals surface area contributed by atoms with E-state index in [-0.39, 0.29) is 0 Å². The number of aromatic nitrogens is 1. The van der Waals surface area contributed by atoms with E-state index in [2.05, 4.69) is 31.5 Å². The molecule has 0 atom stereocenters. The minimum absolute atomic E-state index is 0.425. The highest BCUT2D eigenvalue weighted by Gasteiger charge is 2.09. The first kappa shape index (κ1) is 17.9. The summed E-state index contributed by atoms with van der Waals surface area (Å²) in [6.07, 6.45) is 0. The van der Waals surface area contributed by atoms with Crippen molar-refractivity contribution < 1.29 is 4.42 Å². The molecule has 3 aromatic rings. The van der Waals surface area contributed by atoms with Gasteiger partial charge in [-0.1, -0.05) is 41.9 Å². The fourth-order valence-electron chi connectivity index (χ4n) is 2.20. The number of hydrogen-bond donors (Lipinski definition) is 2. The van der Waals surface area contributed by atoms with E-state index in [1.54, 1.807) is 6.07 Å². The van der Waals surface area contributed by atoms with Crippen molar-refractivity contribution in [2.24, 2.45) is 0 Å². The molecule has 7 heteroatoms. The summed E-state index contributed by atoms with van der Waals surface area (Å²) in [5, 5.41) is 7.01. The number of hydrogen-bond acceptors (Lipinski definition) is 3. The summed E-state index contributed by atoms with van der Waals surface area (Å²) in [5.41, 5.74) is 1.86. The monoisotopic (exact) mass is 435 g/mol. The molecule has 4 nitrogen and oxygen atoms in total. The van der Waals surface area contributed by atoms with Gasteiger partial charge in [0, 0.05) is 10.0 Å². The van der Waals surface area contributed by atoms with E-state index in [0.717, 1.165) is 27.3 Å². The molecule has 2 heterocycles. The molecule has 0 amide bonds. The van der Waals surface area contributed by atoms with Crippen LogP contribution in [-0.4, -0.2) is 10.1 Å². The lowest BCUT2D eigenvalue weighted by Crippen LogP contribution is -2.28. The molecule has 0 spiro atoms. The lowest BCUT2D eigenvalue weighted by atomic mass is 10.2. The molecule has 128 valence electrons. The Morgan fingerprint density at radius 3 is 2.76 bits per heavy atom. The first-order valence-electron chi connectivity index (χ1n) is 7.54. The van der Waals surface area contributed by atoms with E-state index in [9.17, 15) is 0 Å². The number of pyridine rings is 1. The predicted molar refractivity (Wildman–Crippen MR) is 109 cm³/mol. The second kappa shape index (κ2) is 7.99. The van der Waals surface area contributed by atoms with Gasteiger partial charge in [0.05, 0.1) is 17.3 Å². The number of benzene rings is 1. The Balaban J connectivity index is 1.60. The van der Waals surface area contributed by atoms with Crippen LogP contribution < -0.4 is 10.6 Å². The molecule has 0 fully saturated rings. The number of nitrogens with one attached hydrogen (secondary N) is 2. The summed E-state index contributed by atoms with van der Waals surface area (Å²) in [6, 6.07) is 15.6. The van der Waals surface area contributed by atoms with Crippen LogP contribution in [0, 0.1) is 6.92 Å². The maximum absolute atomic E-state index is 6.17. The molecule has 0 unspecified atom stereocenters. The van der Waals surface area contributed by atoms with Gasteiger partial charge in [0.2, 0.25) is 0 Å². The first-order valence-corrected chi connectivity index (χ1v) is 9.12. The Labute approximate surface area is 164 Å². The van der Waals surface area contributed by atoms with E-state index in [0.29, 0.717) is 22.5 Å². The number of thiocarbonyl (C=S) groups is 1. The molecular weight excluding hydrogens is 422 g/mol. The summed E-state index contributed by atoms with van der Waals surface area (Å²) in [5.74, 6) is 2.13. The van der Waals surface area contributed by atoms with Crippen LogP contribution >= 0.6 is 39.7 Å². The highest BCUT2D eigenvalue weighted by Crippen LogP contribution is 2.26. The molecule has 1 aromatic carbocycles. The van der Waals surface area contributed by atoms with Crippen molar-refractivity contribution in [3.8, 4) is 11.3 Å². The zero-order chi connectivity index (χ0) is 17.8. The van der Waals surface area contributed by atoms with Crippen molar-refractivity contribution in [2.75, 3.05) is 5.32 Å². The van der Waals surface area contributed by atoms with Crippen LogP contribution in [0.1, 0.15) is 11.5 Å². The maximum atomic E-state index is 6.17. The molecule has 0 radical (unpaired) electrons. The van der Waals surface area contributed by atoms with Crippen molar-refractivity contribution in [3.05, 3.63) is 69.5 Å².